The van der Waals surface area contributed by atoms with Gasteiger partial charge in [-0.3, -0.25) is 0 Å². The molecular weight excluding hydrogens is 226 g/mol. The molecule has 0 heterocycles. The molecule has 0 bridgehead atoms. The Morgan fingerprint density at radius 1 is 1.19 bits per heavy atom. The summed E-state index contributed by atoms with van der Waals surface area (Å²) in [7, 11) is 6.00. The monoisotopic (exact) mass is 243 g/mol. The van der Waals surface area contributed by atoms with Crippen molar-refractivity contribution in [1.29, 1.82) is 0 Å². The Hall–Kier alpha value is -1.32. The highest BCUT2D eigenvalue weighted by molar-refractivity contribution is 5.85. The van der Waals surface area contributed by atoms with Crippen molar-refractivity contribution >= 4 is 24.5 Å². The SMILES string of the molecule is CN(C)C.Cl.O=C(O)C=Cc1ccccc1. The van der Waals surface area contributed by atoms with Crippen molar-refractivity contribution < 1.29 is 9.90 Å². The van der Waals surface area contributed by atoms with Gasteiger partial charge in [0, 0.05) is 6.08 Å². The van der Waals surface area contributed by atoms with Crippen LogP contribution < -0.4 is 0 Å². The lowest BCUT2D eigenvalue weighted by Gasteiger charge is -1.90. The van der Waals surface area contributed by atoms with Crippen molar-refractivity contribution in [3.8, 4) is 0 Å². The second kappa shape index (κ2) is 10.2. The first-order chi connectivity index (χ1) is 7.02. The van der Waals surface area contributed by atoms with Crippen LogP contribution in [0.2, 0.25) is 0 Å². The van der Waals surface area contributed by atoms with E-state index in [4.69, 9.17) is 5.11 Å². The molecule has 0 spiro atoms. The van der Waals surface area contributed by atoms with Crippen LogP contribution in [0.5, 0.6) is 0 Å². The molecule has 0 amide bonds. The van der Waals surface area contributed by atoms with Gasteiger partial charge in [0.1, 0.15) is 0 Å². The predicted octanol–water partition coefficient (Wildman–Crippen LogP) is 2.38. The van der Waals surface area contributed by atoms with Crippen molar-refractivity contribution in [2.24, 2.45) is 0 Å². The van der Waals surface area contributed by atoms with E-state index in [0.29, 0.717) is 0 Å². The summed E-state index contributed by atoms with van der Waals surface area (Å²) in [6.07, 6.45) is 2.68. The number of carboxylic acid groups (broad SMARTS) is 1. The standard InChI is InChI=1S/C9H8O2.C3H9N.ClH/c10-9(11)7-6-8-4-2-1-3-5-8;1-4(2)3;/h1-7H,(H,10,11);1-3H3;1H. The third kappa shape index (κ3) is 12.7. The number of hydrogen-bond acceptors (Lipinski definition) is 2. The molecule has 0 saturated heterocycles. The van der Waals surface area contributed by atoms with Gasteiger partial charge < -0.3 is 10.0 Å². The Morgan fingerprint density at radius 2 is 1.62 bits per heavy atom. The number of aliphatic carboxylic acids is 1. The van der Waals surface area contributed by atoms with Crippen molar-refractivity contribution in [1.82, 2.24) is 4.90 Å². The lowest BCUT2D eigenvalue weighted by atomic mass is 10.2. The molecule has 0 fully saturated rings. The topological polar surface area (TPSA) is 40.5 Å². The minimum absolute atomic E-state index is 0. The molecule has 0 aliphatic heterocycles. The van der Waals surface area contributed by atoms with Crippen LogP contribution in [0.15, 0.2) is 36.4 Å². The van der Waals surface area contributed by atoms with Gasteiger partial charge in [-0.15, -0.1) is 12.4 Å². The van der Waals surface area contributed by atoms with Gasteiger partial charge in [-0.25, -0.2) is 4.79 Å². The van der Waals surface area contributed by atoms with Crippen LogP contribution in [-0.2, 0) is 4.79 Å². The number of carbonyl (C=O) groups is 1. The highest BCUT2D eigenvalue weighted by Crippen LogP contribution is 1.99. The highest BCUT2D eigenvalue weighted by atomic mass is 35.5. The number of hydrogen-bond donors (Lipinski definition) is 1. The maximum absolute atomic E-state index is 10.1. The first-order valence-corrected chi connectivity index (χ1v) is 4.59. The van der Waals surface area contributed by atoms with Crippen molar-refractivity contribution in [3.63, 3.8) is 0 Å². The average molecular weight is 244 g/mol. The van der Waals surface area contributed by atoms with Gasteiger partial charge in [0.2, 0.25) is 0 Å². The van der Waals surface area contributed by atoms with E-state index in [-0.39, 0.29) is 12.4 Å². The fourth-order valence-corrected chi connectivity index (χ4v) is 0.732. The van der Waals surface area contributed by atoms with Crippen LogP contribution in [0.3, 0.4) is 0 Å². The summed E-state index contributed by atoms with van der Waals surface area (Å²) < 4.78 is 0. The molecule has 0 saturated carbocycles. The van der Waals surface area contributed by atoms with Gasteiger partial charge in [0.25, 0.3) is 0 Å². The Balaban J connectivity index is 0. The van der Waals surface area contributed by atoms with E-state index in [0.717, 1.165) is 11.6 Å². The highest BCUT2D eigenvalue weighted by Gasteiger charge is 1.85. The maximum Gasteiger partial charge on any atom is 0.328 e. The Morgan fingerprint density at radius 3 is 2.00 bits per heavy atom. The fraction of sp³-hybridized carbons (Fsp3) is 0.250. The minimum atomic E-state index is -0.922. The number of halogens is 1. The molecule has 0 atom stereocenters. The summed E-state index contributed by atoms with van der Waals surface area (Å²) in [5, 5.41) is 8.29. The van der Waals surface area contributed by atoms with E-state index < -0.39 is 5.97 Å². The summed E-state index contributed by atoms with van der Waals surface area (Å²) in [6.45, 7) is 0. The number of benzene rings is 1. The maximum atomic E-state index is 10.1. The number of nitrogens with zero attached hydrogens (tertiary/aromatic N) is 1. The van der Waals surface area contributed by atoms with Crippen LogP contribution in [0, 0.1) is 0 Å². The number of rotatable bonds is 2. The zero-order valence-electron chi connectivity index (χ0n) is 9.75. The fourth-order valence-electron chi connectivity index (χ4n) is 0.732. The summed E-state index contributed by atoms with van der Waals surface area (Å²) in [4.78, 5) is 12.1. The third-order valence-electron chi connectivity index (χ3n) is 1.22. The Kier molecular flexibility index (Phi) is 10.9. The van der Waals surface area contributed by atoms with E-state index in [1.165, 1.54) is 0 Å². The van der Waals surface area contributed by atoms with E-state index in [9.17, 15) is 4.79 Å². The van der Waals surface area contributed by atoms with Gasteiger partial charge in [0.15, 0.2) is 0 Å². The molecule has 1 rings (SSSR count). The molecule has 0 aromatic heterocycles. The van der Waals surface area contributed by atoms with Gasteiger partial charge in [-0.05, 0) is 32.8 Å². The molecule has 0 aliphatic rings. The van der Waals surface area contributed by atoms with E-state index in [2.05, 4.69) is 0 Å². The van der Waals surface area contributed by atoms with Crippen LogP contribution >= 0.6 is 12.4 Å². The van der Waals surface area contributed by atoms with Crippen LogP contribution in [0.4, 0.5) is 0 Å². The molecule has 16 heavy (non-hydrogen) atoms. The van der Waals surface area contributed by atoms with Crippen LogP contribution in [0.25, 0.3) is 6.08 Å². The van der Waals surface area contributed by atoms with Crippen molar-refractivity contribution in [3.05, 3.63) is 42.0 Å². The van der Waals surface area contributed by atoms with Gasteiger partial charge in [-0.1, -0.05) is 30.3 Å². The van der Waals surface area contributed by atoms with Crippen molar-refractivity contribution in [2.75, 3.05) is 21.1 Å². The first kappa shape index (κ1) is 17.1. The molecule has 4 heteroatoms. The smallest absolute Gasteiger partial charge is 0.328 e. The second-order valence-electron chi connectivity index (χ2n) is 3.42. The molecule has 0 aliphatic carbocycles. The minimum Gasteiger partial charge on any atom is -0.478 e. The zero-order valence-corrected chi connectivity index (χ0v) is 10.6. The summed E-state index contributed by atoms with van der Waals surface area (Å²) in [5.74, 6) is -0.922. The lowest BCUT2D eigenvalue weighted by Crippen LogP contribution is -1.99. The Bertz CT molecular complexity index is 307. The van der Waals surface area contributed by atoms with Gasteiger partial charge in [0.05, 0.1) is 0 Å². The largest absolute Gasteiger partial charge is 0.478 e. The predicted molar refractivity (Wildman–Crippen MR) is 70.0 cm³/mol. The van der Waals surface area contributed by atoms with Crippen LogP contribution in [-0.4, -0.2) is 37.1 Å². The molecule has 0 radical (unpaired) electrons. The molecule has 1 N–H and O–H groups in total. The summed E-state index contributed by atoms with van der Waals surface area (Å²) >= 11 is 0. The van der Waals surface area contributed by atoms with E-state index >= 15 is 0 Å². The average Bonchev–Trinajstić information content (AvgIpc) is 2.15. The van der Waals surface area contributed by atoms with E-state index in [1.54, 1.807) is 6.08 Å². The first-order valence-electron chi connectivity index (χ1n) is 4.59. The quantitative estimate of drug-likeness (QED) is 0.811. The van der Waals surface area contributed by atoms with E-state index in [1.807, 2.05) is 56.4 Å². The molecule has 1 aromatic rings. The van der Waals surface area contributed by atoms with Crippen molar-refractivity contribution in [2.45, 2.75) is 0 Å². The molecule has 1 aromatic carbocycles. The second-order valence-corrected chi connectivity index (χ2v) is 3.42. The molecule has 0 unspecified atom stereocenters. The molecule has 90 valence electrons. The normalized spacial score (nSPS) is 9.25. The van der Waals surface area contributed by atoms with Gasteiger partial charge >= 0.3 is 5.97 Å². The number of carboxylic acids is 1. The molecular formula is C12H18ClNO2. The Labute approximate surface area is 103 Å². The third-order valence-corrected chi connectivity index (χ3v) is 1.22. The van der Waals surface area contributed by atoms with Crippen LogP contribution in [0.1, 0.15) is 5.56 Å². The molecule has 3 nitrogen and oxygen atoms in total. The summed E-state index contributed by atoms with van der Waals surface area (Å²) in [5.41, 5.74) is 0.898. The zero-order chi connectivity index (χ0) is 11.7. The lowest BCUT2D eigenvalue weighted by molar-refractivity contribution is -0.131. The van der Waals surface area contributed by atoms with Gasteiger partial charge in [-0.2, -0.15) is 0 Å². The summed E-state index contributed by atoms with van der Waals surface area (Å²) in [6, 6.07) is 9.31.